The molecule has 108 valence electrons. The number of nitrogens with one attached hydrogen (secondary N) is 1. The molecule has 0 radical (unpaired) electrons. The highest BCUT2D eigenvalue weighted by Crippen LogP contribution is 2.33. The molecular formula is C16H18N4O. The molecule has 0 spiro atoms. The number of hydrogen-bond acceptors (Lipinski definition) is 4. The second kappa shape index (κ2) is 4.91. The highest BCUT2D eigenvalue weighted by molar-refractivity contribution is 5.88. The largest absolute Gasteiger partial charge is 0.464 e. The van der Waals surface area contributed by atoms with E-state index in [0.717, 1.165) is 42.7 Å². The van der Waals surface area contributed by atoms with Crippen LogP contribution in [0.4, 0.5) is 5.82 Å². The van der Waals surface area contributed by atoms with Crippen molar-refractivity contribution in [1.82, 2.24) is 15.2 Å². The van der Waals surface area contributed by atoms with Crippen LogP contribution in [0.15, 0.2) is 35.2 Å². The third kappa shape index (κ3) is 2.09. The van der Waals surface area contributed by atoms with Gasteiger partial charge in [0, 0.05) is 25.0 Å². The van der Waals surface area contributed by atoms with Crippen molar-refractivity contribution in [2.45, 2.75) is 25.7 Å². The molecule has 3 aromatic heterocycles. The van der Waals surface area contributed by atoms with Crippen LogP contribution in [0.3, 0.4) is 0 Å². The van der Waals surface area contributed by atoms with E-state index in [4.69, 9.17) is 4.42 Å². The molecule has 1 N–H and O–H groups in total. The Kier molecular flexibility index (Phi) is 2.91. The first-order chi connectivity index (χ1) is 10.3. The van der Waals surface area contributed by atoms with Crippen LogP contribution in [0.1, 0.15) is 30.0 Å². The Bertz CT molecular complexity index is 752. The van der Waals surface area contributed by atoms with Crippen LogP contribution in [-0.2, 0) is 0 Å². The van der Waals surface area contributed by atoms with E-state index in [9.17, 15) is 0 Å². The predicted molar refractivity (Wildman–Crippen MR) is 81.5 cm³/mol. The van der Waals surface area contributed by atoms with Crippen molar-refractivity contribution in [2.75, 3.05) is 18.0 Å². The van der Waals surface area contributed by atoms with Crippen LogP contribution in [-0.4, -0.2) is 28.3 Å². The van der Waals surface area contributed by atoms with Crippen LogP contribution in [0, 0.1) is 6.92 Å². The van der Waals surface area contributed by atoms with Crippen LogP contribution < -0.4 is 4.90 Å². The van der Waals surface area contributed by atoms with Gasteiger partial charge in [-0.15, -0.1) is 0 Å². The number of H-pyrrole nitrogens is 1. The van der Waals surface area contributed by atoms with Crippen molar-refractivity contribution in [2.24, 2.45) is 0 Å². The Morgan fingerprint density at radius 2 is 2.14 bits per heavy atom. The number of hydrogen-bond donors (Lipinski definition) is 1. The van der Waals surface area contributed by atoms with E-state index in [0.29, 0.717) is 5.92 Å². The Morgan fingerprint density at radius 1 is 1.29 bits per heavy atom. The van der Waals surface area contributed by atoms with Gasteiger partial charge in [0.2, 0.25) is 0 Å². The van der Waals surface area contributed by atoms with Gasteiger partial charge >= 0.3 is 0 Å². The number of anilines is 1. The SMILES string of the molecule is Cc1[nH]ncc1C1CCN(c2nccc3occc23)CC1. The summed E-state index contributed by atoms with van der Waals surface area (Å²) in [7, 11) is 0. The number of aromatic nitrogens is 3. The van der Waals surface area contributed by atoms with Gasteiger partial charge in [-0.2, -0.15) is 5.10 Å². The second-order valence-corrected chi connectivity index (χ2v) is 5.68. The molecule has 1 aliphatic rings. The Morgan fingerprint density at radius 3 is 2.90 bits per heavy atom. The fourth-order valence-corrected chi connectivity index (χ4v) is 3.31. The lowest BCUT2D eigenvalue weighted by Crippen LogP contribution is -2.33. The zero-order valence-electron chi connectivity index (χ0n) is 12.0. The second-order valence-electron chi connectivity index (χ2n) is 5.68. The lowest BCUT2D eigenvalue weighted by atomic mass is 9.90. The van der Waals surface area contributed by atoms with Gasteiger partial charge in [-0.05, 0) is 43.4 Å². The fourth-order valence-electron chi connectivity index (χ4n) is 3.31. The summed E-state index contributed by atoms with van der Waals surface area (Å²) in [6, 6.07) is 3.92. The van der Waals surface area contributed by atoms with Crippen LogP contribution in [0.25, 0.3) is 11.0 Å². The van der Waals surface area contributed by atoms with E-state index < -0.39 is 0 Å². The molecule has 0 aromatic carbocycles. The quantitative estimate of drug-likeness (QED) is 0.784. The minimum Gasteiger partial charge on any atom is -0.464 e. The van der Waals surface area contributed by atoms with Gasteiger partial charge in [0.25, 0.3) is 0 Å². The predicted octanol–water partition coefficient (Wildman–Crippen LogP) is 3.24. The summed E-state index contributed by atoms with van der Waals surface area (Å²) >= 11 is 0. The number of pyridine rings is 1. The van der Waals surface area contributed by atoms with E-state index in [1.54, 1.807) is 6.26 Å². The summed E-state index contributed by atoms with van der Waals surface area (Å²) in [5, 5.41) is 8.29. The normalized spacial score (nSPS) is 16.7. The topological polar surface area (TPSA) is 58.0 Å². The number of piperidine rings is 1. The molecule has 5 nitrogen and oxygen atoms in total. The molecule has 21 heavy (non-hydrogen) atoms. The highest BCUT2D eigenvalue weighted by atomic mass is 16.3. The first kappa shape index (κ1) is 12.4. The van der Waals surface area contributed by atoms with Crippen molar-refractivity contribution in [3.8, 4) is 0 Å². The first-order valence-corrected chi connectivity index (χ1v) is 7.40. The van der Waals surface area contributed by atoms with E-state index in [2.05, 4.69) is 27.0 Å². The van der Waals surface area contributed by atoms with E-state index in [1.165, 1.54) is 11.3 Å². The average Bonchev–Trinajstić information content (AvgIpc) is 3.15. The smallest absolute Gasteiger partial charge is 0.139 e. The maximum atomic E-state index is 5.47. The molecule has 0 bridgehead atoms. The fraction of sp³-hybridized carbons (Fsp3) is 0.375. The maximum absolute atomic E-state index is 5.47. The standard InChI is InChI=1S/C16H18N4O/c1-11-14(10-18-19-11)12-3-7-20(8-4-12)16-13-5-9-21-15(13)2-6-17-16/h2,5-6,9-10,12H,3-4,7-8H2,1H3,(H,18,19). The van der Waals surface area contributed by atoms with Crippen molar-refractivity contribution in [3.63, 3.8) is 0 Å². The number of aromatic amines is 1. The maximum Gasteiger partial charge on any atom is 0.139 e. The van der Waals surface area contributed by atoms with Crippen molar-refractivity contribution >= 4 is 16.8 Å². The molecule has 0 amide bonds. The molecule has 4 rings (SSSR count). The lowest BCUT2D eigenvalue weighted by molar-refractivity contribution is 0.502. The lowest BCUT2D eigenvalue weighted by Gasteiger charge is -2.33. The number of aryl methyl sites for hydroxylation is 1. The Hall–Kier alpha value is -2.30. The van der Waals surface area contributed by atoms with Gasteiger partial charge in [-0.1, -0.05) is 0 Å². The molecule has 0 aliphatic carbocycles. The highest BCUT2D eigenvalue weighted by Gasteiger charge is 2.24. The summed E-state index contributed by atoms with van der Waals surface area (Å²) in [5.41, 5.74) is 3.47. The molecule has 0 unspecified atom stereocenters. The minimum atomic E-state index is 0.601. The van der Waals surface area contributed by atoms with Gasteiger partial charge in [0.15, 0.2) is 0 Å². The van der Waals surface area contributed by atoms with Gasteiger partial charge in [-0.25, -0.2) is 4.98 Å². The minimum absolute atomic E-state index is 0.601. The zero-order valence-corrected chi connectivity index (χ0v) is 12.0. The molecule has 0 saturated carbocycles. The molecular weight excluding hydrogens is 264 g/mol. The molecule has 1 aliphatic heterocycles. The molecule has 1 fully saturated rings. The average molecular weight is 282 g/mol. The van der Waals surface area contributed by atoms with Crippen LogP contribution in [0.2, 0.25) is 0 Å². The number of furan rings is 1. The number of nitrogens with zero attached hydrogens (tertiary/aromatic N) is 3. The van der Waals surface area contributed by atoms with Crippen LogP contribution in [0.5, 0.6) is 0 Å². The number of rotatable bonds is 2. The van der Waals surface area contributed by atoms with Crippen LogP contribution >= 0.6 is 0 Å². The third-order valence-corrected chi connectivity index (χ3v) is 4.46. The van der Waals surface area contributed by atoms with Crippen molar-refractivity contribution in [3.05, 3.63) is 42.0 Å². The first-order valence-electron chi connectivity index (χ1n) is 7.40. The summed E-state index contributed by atoms with van der Waals surface area (Å²) in [6.07, 6.45) is 7.81. The molecule has 3 aromatic rings. The molecule has 5 heteroatoms. The van der Waals surface area contributed by atoms with Gasteiger partial charge in [-0.3, -0.25) is 5.10 Å². The Labute approximate surface area is 123 Å². The van der Waals surface area contributed by atoms with E-state index in [1.807, 2.05) is 24.5 Å². The van der Waals surface area contributed by atoms with E-state index >= 15 is 0 Å². The monoisotopic (exact) mass is 282 g/mol. The molecule has 0 atom stereocenters. The molecule has 1 saturated heterocycles. The third-order valence-electron chi connectivity index (χ3n) is 4.46. The van der Waals surface area contributed by atoms with Crippen molar-refractivity contribution < 1.29 is 4.42 Å². The zero-order chi connectivity index (χ0) is 14.2. The summed E-state index contributed by atoms with van der Waals surface area (Å²) in [5.74, 6) is 1.65. The summed E-state index contributed by atoms with van der Waals surface area (Å²) < 4.78 is 5.47. The van der Waals surface area contributed by atoms with Gasteiger partial charge < -0.3 is 9.32 Å². The van der Waals surface area contributed by atoms with E-state index in [-0.39, 0.29) is 0 Å². The summed E-state index contributed by atoms with van der Waals surface area (Å²) in [4.78, 5) is 6.92. The Balaban J connectivity index is 1.55. The van der Waals surface area contributed by atoms with Crippen molar-refractivity contribution in [1.29, 1.82) is 0 Å². The van der Waals surface area contributed by atoms with Gasteiger partial charge in [0.05, 0.1) is 17.8 Å². The van der Waals surface area contributed by atoms with Gasteiger partial charge in [0.1, 0.15) is 11.4 Å². The number of fused-ring (bicyclic) bond motifs is 1. The molecule has 4 heterocycles. The summed E-state index contributed by atoms with van der Waals surface area (Å²) in [6.45, 7) is 4.14.